The summed E-state index contributed by atoms with van der Waals surface area (Å²) in [5.74, 6) is 1.80. The van der Waals surface area contributed by atoms with Crippen molar-refractivity contribution in [2.45, 2.75) is 20.8 Å². The van der Waals surface area contributed by atoms with Gasteiger partial charge in [0.2, 0.25) is 0 Å². The summed E-state index contributed by atoms with van der Waals surface area (Å²) >= 11 is 5.97. The molecule has 1 rings (SSSR count). The third-order valence-corrected chi connectivity index (χ3v) is 2.91. The summed E-state index contributed by atoms with van der Waals surface area (Å²) in [6.07, 6.45) is 1.54. The van der Waals surface area contributed by atoms with Gasteiger partial charge < -0.3 is 10.1 Å². The average Bonchev–Trinajstić information content (AvgIpc) is 2.27. The number of hydrogen-bond donors (Lipinski definition) is 1. The lowest BCUT2D eigenvalue weighted by molar-refractivity contribution is 0.380. The van der Waals surface area contributed by atoms with Gasteiger partial charge in [0, 0.05) is 6.54 Å². The van der Waals surface area contributed by atoms with Gasteiger partial charge in [-0.25, -0.2) is 4.98 Å². The topological polar surface area (TPSA) is 47.0 Å². The van der Waals surface area contributed by atoms with Gasteiger partial charge >= 0.3 is 6.01 Å². The summed E-state index contributed by atoms with van der Waals surface area (Å²) in [6, 6.07) is 0.323. The minimum Gasteiger partial charge on any atom is -0.467 e. The van der Waals surface area contributed by atoms with Crippen LogP contribution in [-0.4, -0.2) is 23.6 Å². The Morgan fingerprint density at radius 3 is 2.69 bits per heavy atom. The molecule has 5 heteroatoms. The van der Waals surface area contributed by atoms with Crippen molar-refractivity contribution in [2.75, 3.05) is 19.0 Å². The van der Waals surface area contributed by atoms with Gasteiger partial charge in [0.15, 0.2) is 5.82 Å². The van der Waals surface area contributed by atoms with Crippen LogP contribution in [-0.2, 0) is 0 Å². The van der Waals surface area contributed by atoms with Gasteiger partial charge in [0.25, 0.3) is 0 Å². The van der Waals surface area contributed by atoms with E-state index in [9.17, 15) is 0 Å². The lowest BCUT2D eigenvalue weighted by atomic mass is 9.98. The van der Waals surface area contributed by atoms with Crippen LogP contribution in [0.15, 0.2) is 6.20 Å². The van der Waals surface area contributed by atoms with Crippen molar-refractivity contribution in [2.24, 2.45) is 11.8 Å². The molecule has 1 heterocycles. The standard InChI is InChI=1S/C11H18ClN3O/c1-7(2)8(3)5-13-10-9(12)6-14-11(15-10)16-4/h6-8H,5H2,1-4H3,(H,13,14,15). The van der Waals surface area contributed by atoms with Crippen molar-refractivity contribution in [3.8, 4) is 6.01 Å². The largest absolute Gasteiger partial charge is 0.467 e. The quantitative estimate of drug-likeness (QED) is 0.864. The highest BCUT2D eigenvalue weighted by molar-refractivity contribution is 6.32. The zero-order valence-electron chi connectivity index (χ0n) is 10.1. The van der Waals surface area contributed by atoms with Crippen molar-refractivity contribution in [1.29, 1.82) is 0 Å². The van der Waals surface area contributed by atoms with Crippen LogP contribution in [0.3, 0.4) is 0 Å². The van der Waals surface area contributed by atoms with E-state index in [1.807, 2.05) is 0 Å². The highest BCUT2D eigenvalue weighted by Gasteiger charge is 2.09. The number of anilines is 1. The summed E-state index contributed by atoms with van der Waals surface area (Å²) in [5, 5.41) is 3.72. The Kier molecular flexibility index (Phi) is 4.80. The van der Waals surface area contributed by atoms with Crippen molar-refractivity contribution < 1.29 is 4.74 Å². The molecule has 4 nitrogen and oxygen atoms in total. The molecule has 1 aromatic heterocycles. The minimum absolute atomic E-state index is 0.323. The number of hydrogen-bond acceptors (Lipinski definition) is 4. The van der Waals surface area contributed by atoms with Crippen LogP contribution in [0.5, 0.6) is 6.01 Å². The van der Waals surface area contributed by atoms with E-state index in [0.717, 1.165) is 6.54 Å². The first-order valence-electron chi connectivity index (χ1n) is 5.35. The summed E-state index contributed by atoms with van der Waals surface area (Å²) in [5.41, 5.74) is 0. The van der Waals surface area contributed by atoms with Crippen molar-refractivity contribution >= 4 is 17.4 Å². The lowest BCUT2D eigenvalue weighted by Gasteiger charge is -2.16. The monoisotopic (exact) mass is 243 g/mol. The number of halogens is 1. The molecule has 0 aliphatic carbocycles. The highest BCUT2D eigenvalue weighted by atomic mass is 35.5. The summed E-state index contributed by atoms with van der Waals surface area (Å²) < 4.78 is 4.94. The van der Waals surface area contributed by atoms with Crippen LogP contribution in [0.1, 0.15) is 20.8 Å². The molecule has 1 N–H and O–H groups in total. The van der Waals surface area contributed by atoms with Gasteiger partial charge in [-0.1, -0.05) is 32.4 Å². The molecule has 0 saturated heterocycles. The first kappa shape index (κ1) is 13.0. The molecular weight excluding hydrogens is 226 g/mol. The summed E-state index contributed by atoms with van der Waals surface area (Å²) in [6.45, 7) is 7.39. The second-order valence-corrected chi connectivity index (χ2v) is 4.56. The van der Waals surface area contributed by atoms with Gasteiger partial charge in [-0.05, 0) is 11.8 Å². The zero-order chi connectivity index (χ0) is 12.1. The minimum atomic E-state index is 0.323. The van der Waals surface area contributed by atoms with Crippen LogP contribution in [0, 0.1) is 11.8 Å². The van der Waals surface area contributed by atoms with E-state index in [-0.39, 0.29) is 0 Å². The molecule has 0 aromatic carbocycles. The maximum Gasteiger partial charge on any atom is 0.318 e. The van der Waals surface area contributed by atoms with E-state index in [2.05, 4.69) is 36.1 Å². The molecule has 1 atom stereocenters. The fraction of sp³-hybridized carbons (Fsp3) is 0.636. The second-order valence-electron chi connectivity index (χ2n) is 4.16. The molecular formula is C11H18ClN3O. The van der Waals surface area contributed by atoms with E-state index in [4.69, 9.17) is 16.3 Å². The third kappa shape index (κ3) is 3.52. The Labute approximate surface area is 101 Å². The molecule has 0 aliphatic heterocycles. The molecule has 90 valence electrons. The molecule has 1 unspecified atom stereocenters. The Morgan fingerprint density at radius 2 is 2.12 bits per heavy atom. The van der Waals surface area contributed by atoms with Crippen LogP contribution >= 0.6 is 11.6 Å². The van der Waals surface area contributed by atoms with E-state index in [1.54, 1.807) is 0 Å². The predicted octanol–water partition coefficient (Wildman–Crippen LogP) is 2.84. The fourth-order valence-electron chi connectivity index (χ4n) is 1.07. The average molecular weight is 244 g/mol. The number of rotatable bonds is 5. The molecule has 0 aliphatic rings. The molecule has 16 heavy (non-hydrogen) atoms. The maximum absolute atomic E-state index is 5.97. The van der Waals surface area contributed by atoms with Crippen molar-refractivity contribution in [3.63, 3.8) is 0 Å². The van der Waals surface area contributed by atoms with E-state index >= 15 is 0 Å². The number of aromatic nitrogens is 2. The van der Waals surface area contributed by atoms with Crippen LogP contribution in [0.4, 0.5) is 5.82 Å². The SMILES string of the molecule is COc1ncc(Cl)c(NCC(C)C(C)C)n1. The molecule has 0 radical (unpaired) electrons. The number of ether oxygens (including phenoxy) is 1. The number of nitrogens with one attached hydrogen (secondary N) is 1. The Morgan fingerprint density at radius 1 is 1.44 bits per heavy atom. The first-order valence-corrected chi connectivity index (χ1v) is 5.72. The Bertz CT molecular complexity index is 344. The van der Waals surface area contributed by atoms with Gasteiger partial charge in [-0.3, -0.25) is 0 Å². The first-order chi connectivity index (χ1) is 7.54. The van der Waals surface area contributed by atoms with Gasteiger partial charge in [0.05, 0.1) is 13.3 Å². The van der Waals surface area contributed by atoms with Gasteiger partial charge in [-0.2, -0.15) is 4.98 Å². The molecule has 0 bridgehead atoms. The molecule has 0 spiro atoms. The Balaban J connectivity index is 2.65. The van der Waals surface area contributed by atoms with Crippen LogP contribution in [0.25, 0.3) is 0 Å². The Hall–Kier alpha value is -1.03. The van der Waals surface area contributed by atoms with Crippen LogP contribution in [0.2, 0.25) is 5.02 Å². The van der Waals surface area contributed by atoms with E-state index in [1.165, 1.54) is 13.3 Å². The van der Waals surface area contributed by atoms with Crippen molar-refractivity contribution in [3.05, 3.63) is 11.2 Å². The van der Waals surface area contributed by atoms with Gasteiger partial charge in [0.1, 0.15) is 5.02 Å². The number of nitrogens with zero attached hydrogens (tertiary/aromatic N) is 2. The molecule has 0 saturated carbocycles. The molecule has 0 fully saturated rings. The smallest absolute Gasteiger partial charge is 0.318 e. The van der Waals surface area contributed by atoms with Crippen LogP contribution < -0.4 is 10.1 Å². The fourth-order valence-corrected chi connectivity index (χ4v) is 1.22. The van der Waals surface area contributed by atoms with Gasteiger partial charge in [-0.15, -0.1) is 0 Å². The van der Waals surface area contributed by atoms with Crippen molar-refractivity contribution in [1.82, 2.24) is 9.97 Å². The maximum atomic E-state index is 5.97. The normalized spacial score (nSPS) is 12.6. The summed E-state index contributed by atoms with van der Waals surface area (Å²) in [7, 11) is 1.53. The molecule has 1 aromatic rings. The number of methoxy groups -OCH3 is 1. The lowest BCUT2D eigenvalue weighted by Crippen LogP contribution is -2.17. The zero-order valence-corrected chi connectivity index (χ0v) is 10.9. The third-order valence-electron chi connectivity index (χ3n) is 2.63. The predicted molar refractivity (Wildman–Crippen MR) is 66.1 cm³/mol. The highest BCUT2D eigenvalue weighted by Crippen LogP contribution is 2.21. The second kappa shape index (κ2) is 5.89. The molecule has 0 amide bonds. The van der Waals surface area contributed by atoms with E-state index < -0.39 is 0 Å². The summed E-state index contributed by atoms with van der Waals surface area (Å²) in [4.78, 5) is 8.06. The van der Waals surface area contributed by atoms with E-state index in [0.29, 0.717) is 28.7 Å².